The topological polar surface area (TPSA) is 68.5 Å². The number of hydrogen-bond donors (Lipinski definition) is 1. The third-order valence-corrected chi connectivity index (χ3v) is 6.41. The lowest BCUT2D eigenvalue weighted by Crippen LogP contribution is -2.52. The van der Waals surface area contributed by atoms with Crippen molar-refractivity contribution in [2.24, 2.45) is 0 Å². The van der Waals surface area contributed by atoms with Crippen molar-refractivity contribution in [3.63, 3.8) is 0 Å². The molecular formula is C28H30N4O2. The number of benzene rings is 2. The maximum Gasteiger partial charge on any atom is 0.408 e. The van der Waals surface area contributed by atoms with Crippen LogP contribution in [0.15, 0.2) is 66.9 Å². The first kappa shape index (κ1) is 22.1. The molecule has 0 aliphatic heterocycles. The van der Waals surface area contributed by atoms with Gasteiger partial charge in [-0.3, -0.25) is 0 Å². The Morgan fingerprint density at radius 3 is 2.35 bits per heavy atom. The summed E-state index contributed by atoms with van der Waals surface area (Å²) in [6, 6.07) is 20.8. The minimum absolute atomic E-state index is 0.370. The summed E-state index contributed by atoms with van der Waals surface area (Å²) in [6.07, 6.45) is 4.35. The molecule has 5 rings (SSSR count). The Labute approximate surface area is 200 Å². The van der Waals surface area contributed by atoms with Gasteiger partial charge in [0, 0.05) is 11.1 Å². The summed E-state index contributed by atoms with van der Waals surface area (Å²) in [5.74, 6) is 0. The smallest absolute Gasteiger partial charge is 0.408 e. The van der Waals surface area contributed by atoms with Crippen molar-refractivity contribution in [1.82, 2.24) is 19.9 Å². The number of ether oxygens (including phenoxy) is 1. The van der Waals surface area contributed by atoms with Crippen LogP contribution in [0, 0.1) is 6.92 Å². The van der Waals surface area contributed by atoms with E-state index < -0.39 is 5.60 Å². The summed E-state index contributed by atoms with van der Waals surface area (Å²) < 4.78 is 7.41. The van der Waals surface area contributed by atoms with Crippen LogP contribution in [0.1, 0.15) is 51.3 Å². The van der Waals surface area contributed by atoms with Crippen molar-refractivity contribution in [1.29, 1.82) is 0 Å². The molecule has 0 unspecified atom stereocenters. The van der Waals surface area contributed by atoms with Crippen LogP contribution in [-0.4, -0.2) is 26.3 Å². The summed E-state index contributed by atoms with van der Waals surface area (Å²) in [5.41, 5.74) is 6.06. The molecule has 2 aromatic heterocycles. The molecule has 6 heteroatoms. The predicted molar refractivity (Wildman–Crippen MR) is 133 cm³/mol. The first-order chi connectivity index (χ1) is 16.2. The summed E-state index contributed by atoms with van der Waals surface area (Å²) in [7, 11) is 0. The van der Waals surface area contributed by atoms with E-state index in [9.17, 15) is 4.79 Å². The highest BCUT2D eigenvalue weighted by Crippen LogP contribution is 2.42. The average Bonchev–Trinajstić information content (AvgIpc) is 3.15. The Bertz CT molecular complexity index is 1330. The molecule has 0 saturated heterocycles. The second-order valence-corrected chi connectivity index (χ2v) is 10.1. The van der Waals surface area contributed by atoms with Gasteiger partial charge in [0.25, 0.3) is 0 Å². The fraction of sp³-hybridized carbons (Fsp3) is 0.321. The summed E-state index contributed by atoms with van der Waals surface area (Å²) in [6.45, 7) is 7.64. The lowest BCUT2D eigenvalue weighted by molar-refractivity contribution is 0.0377. The molecular weight excluding hydrogens is 424 g/mol. The fourth-order valence-electron chi connectivity index (χ4n) is 4.54. The van der Waals surface area contributed by atoms with Gasteiger partial charge in [-0.2, -0.15) is 5.10 Å². The monoisotopic (exact) mass is 454 g/mol. The largest absolute Gasteiger partial charge is 0.444 e. The molecule has 1 fully saturated rings. The van der Waals surface area contributed by atoms with E-state index in [4.69, 9.17) is 9.84 Å². The maximum absolute atomic E-state index is 12.5. The molecule has 0 atom stereocenters. The SMILES string of the molecule is Cc1cnc2cc(-c3ccccc3)c(-c3ccc(C4(NC(=O)OC(C)(C)C)CCC4)cc3)nn12. The van der Waals surface area contributed by atoms with Gasteiger partial charge in [0.2, 0.25) is 0 Å². The molecule has 1 saturated carbocycles. The molecule has 1 aliphatic rings. The molecule has 1 amide bonds. The highest BCUT2D eigenvalue weighted by molar-refractivity contribution is 5.82. The maximum atomic E-state index is 12.5. The fourth-order valence-corrected chi connectivity index (χ4v) is 4.54. The van der Waals surface area contributed by atoms with Gasteiger partial charge < -0.3 is 10.1 Å². The zero-order valence-corrected chi connectivity index (χ0v) is 20.1. The average molecular weight is 455 g/mol. The minimum Gasteiger partial charge on any atom is -0.444 e. The van der Waals surface area contributed by atoms with E-state index in [2.05, 4.69) is 52.8 Å². The van der Waals surface area contributed by atoms with Crippen LogP contribution in [0.25, 0.3) is 28.0 Å². The van der Waals surface area contributed by atoms with E-state index >= 15 is 0 Å². The van der Waals surface area contributed by atoms with Crippen LogP contribution in [0.3, 0.4) is 0 Å². The normalized spacial score (nSPS) is 15.1. The van der Waals surface area contributed by atoms with Crippen LogP contribution in [0.2, 0.25) is 0 Å². The van der Waals surface area contributed by atoms with Crippen molar-refractivity contribution < 1.29 is 9.53 Å². The molecule has 6 nitrogen and oxygen atoms in total. The minimum atomic E-state index is -0.525. The number of aryl methyl sites for hydroxylation is 1. The van der Waals surface area contributed by atoms with Gasteiger partial charge in [-0.1, -0.05) is 54.6 Å². The number of amides is 1. The third-order valence-electron chi connectivity index (χ3n) is 6.41. The molecule has 0 spiro atoms. The summed E-state index contributed by atoms with van der Waals surface area (Å²) >= 11 is 0. The third kappa shape index (κ3) is 4.16. The molecule has 34 heavy (non-hydrogen) atoms. The number of hydrogen-bond acceptors (Lipinski definition) is 4. The van der Waals surface area contributed by atoms with Gasteiger partial charge >= 0.3 is 6.09 Å². The van der Waals surface area contributed by atoms with Crippen molar-refractivity contribution in [2.75, 3.05) is 0 Å². The van der Waals surface area contributed by atoms with Crippen LogP contribution >= 0.6 is 0 Å². The summed E-state index contributed by atoms with van der Waals surface area (Å²) in [5, 5.41) is 8.10. The van der Waals surface area contributed by atoms with Crippen molar-refractivity contribution in [3.8, 4) is 22.4 Å². The van der Waals surface area contributed by atoms with Crippen molar-refractivity contribution >= 4 is 11.7 Å². The Morgan fingerprint density at radius 2 is 1.74 bits per heavy atom. The highest BCUT2D eigenvalue weighted by Gasteiger charge is 2.41. The van der Waals surface area contributed by atoms with Gasteiger partial charge in [-0.25, -0.2) is 14.3 Å². The van der Waals surface area contributed by atoms with Gasteiger partial charge in [0.05, 0.1) is 23.1 Å². The molecule has 0 bridgehead atoms. The number of carbonyl (C=O) groups is 1. The summed E-state index contributed by atoms with van der Waals surface area (Å²) in [4.78, 5) is 17.0. The lowest BCUT2D eigenvalue weighted by atomic mass is 9.71. The number of nitrogens with one attached hydrogen (secondary N) is 1. The second kappa shape index (κ2) is 8.28. The molecule has 0 radical (unpaired) electrons. The highest BCUT2D eigenvalue weighted by atomic mass is 16.6. The number of alkyl carbamates (subject to hydrolysis) is 1. The number of nitrogens with zero attached hydrogens (tertiary/aromatic N) is 3. The number of rotatable bonds is 4. The van der Waals surface area contributed by atoms with Crippen molar-refractivity contribution in [3.05, 3.63) is 78.1 Å². The second-order valence-electron chi connectivity index (χ2n) is 10.1. The van der Waals surface area contributed by atoms with E-state index in [-0.39, 0.29) is 11.6 Å². The number of carbonyl (C=O) groups excluding carboxylic acids is 1. The molecule has 174 valence electrons. The molecule has 1 aliphatic carbocycles. The molecule has 2 aromatic carbocycles. The van der Waals surface area contributed by atoms with Gasteiger partial charge in [-0.05, 0) is 64.2 Å². The van der Waals surface area contributed by atoms with E-state index in [0.29, 0.717) is 0 Å². The molecule has 4 aromatic rings. The number of imidazole rings is 1. The van der Waals surface area contributed by atoms with Crippen LogP contribution < -0.4 is 5.32 Å². The van der Waals surface area contributed by atoms with Gasteiger partial charge in [0.1, 0.15) is 5.60 Å². The predicted octanol–water partition coefficient (Wildman–Crippen LogP) is 6.28. The van der Waals surface area contributed by atoms with E-state index in [1.54, 1.807) is 0 Å². The Morgan fingerprint density at radius 1 is 1.03 bits per heavy atom. The molecule has 2 heterocycles. The van der Waals surface area contributed by atoms with E-state index in [1.807, 2.05) is 56.6 Å². The lowest BCUT2D eigenvalue weighted by Gasteiger charge is -2.43. The van der Waals surface area contributed by atoms with Crippen LogP contribution in [0.5, 0.6) is 0 Å². The Balaban J connectivity index is 1.51. The quantitative estimate of drug-likeness (QED) is 0.394. The standard InChI is InChI=1S/C28H30N4O2/c1-19-18-29-24-17-23(20-9-6-5-7-10-20)25(31-32(19)24)21-11-13-22(14-12-21)28(15-8-16-28)30-26(33)34-27(2,3)4/h5-7,9-14,17-18H,8,15-16H2,1-4H3,(H,30,33). The number of aromatic nitrogens is 3. The first-order valence-corrected chi connectivity index (χ1v) is 11.8. The number of fused-ring (bicyclic) bond motifs is 1. The first-order valence-electron chi connectivity index (χ1n) is 11.8. The van der Waals surface area contributed by atoms with Gasteiger partial charge in [-0.15, -0.1) is 0 Å². The van der Waals surface area contributed by atoms with Crippen molar-refractivity contribution in [2.45, 2.75) is 58.1 Å². The van der Waals surface area contributed by atoms with E-state index in [1.165, 1.54) is 0 Å². The van der Waals surface area contributed by atoms with Crippen LogP contribution in [0.4, 0.5) is 4.79 Å². The zero-order chi connectivity index (χ0) is 23.9. The van der Waals surface area contributed by atoms with E-state index in [0.717, 1.165) is 58.6 Å². The van der Waals surface area contributed by atoms with Crippen LogP contribution in [-0.2, 0) is 10.3 Å². The molecule has 1 N–H and O–H groups in total. The Kier molecular flexibility index (Phi) is 5.39. The zero-order valence-electron chi connectivity index (χ0n) is 20.1. The van der Waals surface area contributed by atoms with Gasteiger partial charge in [0.15, 0.2) is 5.65 Å². The Hall–Kier alpha value is -3.67.